The predicted molar refractivity (Wildman–Crippen MR) is 112 cm³/mol. The number of rotatable bonds is 4. The highest BCUT2D eigenvalue weighted by atomic mass is 35.5. The number of hydrogen-bond donors (Lipinski definition) is 0. The summed E-state index contributed by atoms with van der Waals surface area (Å²) < 4.78 is 16.7. The van der Waals surface area contributed by atoms with E-state index in [1.807, 2.05) is 37.3 Å². The maximum atomic E-state index is 12.5. The van der Waals surface area contributed by atoms with Gasteiger partial charge in [-0.15, -0.1) is 0 Å². The number of aryl methyl sites for hydroxylation is 1. The minimum absolute atomic E-state index is 0.318. The molecule has 0 aliphatic carbocycles. The van der Waals surface area contributed by atoms with Gasteiger partial charge in [0.1, 0.15) is 23.7 Å². The second kappa shape index (κ2) is 7.38. The number of ether oxygens (including phenoxy) is 2. The van der Waals surface area contributed by atoms with Crippen molar-refractivity contribution in [1.82, 2.24) is 0 Å². The normalized spacial score (nSPS) is 11.1. The van der Waals surface area contributed by atoms with Gasteiger partial charge in [0.05, 0.1) is 22.5 Å². The van der Waals surface area contributed by atoms with Gasteiger partial charge in [-0.2, -0.15) is 0 Å². The third kappa shape index (κ3) is 3.30. The van der Waals surface area contributed by atoms with Crippen molar-refractivity contribution >= 4 is 44.9 Å². The molecule has 0 amide bonds. The van der Waals surface area contributed by atoms with Crippen molar-refractivity contribution in [3.05, 3.63) is 80.1 Å². The SMILES string of the molecule is COc1ccc2c(c1)c(=O)oc1c(C)c(OCc3ccc(Cl)c(Cl)c3)ccc12. The summed E-state index contributed by atoms with van der Waals surface area (Å²) in [7, 11) is 1.56. The topological polar surface area (TPSA) is 48.7 Å². The summed E-state index contributed by atoms with van der Waals surface area (Å²) in [5.74, 6) is 1.24. The Morgan fingerprint density at radius 1 is 0.929 bits per heavy atom. The monoisotopic (exact) mass is 414 g/mol. The van der Waals surface area contributed by atoms with Crippen LogP contribution in [0.15, 0.2) is 57.7 Å². The third-order valence-corrected chi connectivity index (χ3v) is 5.41. The zero-order valence-electron chi connectivity index (χ0n) is 15.2. The van der Waals surface area contributed by atoms with Crippen molar-refractivity contribution in [3.63, 3.8) is 0 Å². The van der Waals surface area contributed by atoms with Crippen LogP contribution in [0.4, 0.5) is 0 Å². The molecule has 0 spiro atoms. The first-order valence-corrected chi connectivity index (χ1v) is 9.34. The fourth-order valence-electron chi connectivity index (χ4n) is 3.17. The van der Waals surface area contributed by atoms with Gasteiger partial charge in [-0.25, -0.2) is 4.79 Å². The average Bonchev–Trinajstić information content (AvgIpc) is 2.70. The first-order chi connectivity index (χ1) is 13.5. The smallest absolute Gasteiger partial charge is 0.344 e. The molecule has 0 fully saturated rings. The molecule has 3 aromatic carbocycles. The van der Waals surface area contributed by atoms with Crippen LogP contribution in [0.5, 0.6) is 11.5 Å². The Labute approximate surface area is 171 Å². The van der Waals surface area contributed by atoms with Crippen LogP contribution in [-0.2, 0) is 6.61 Å². The van der Waals surface area contributed by atoms with E-state index in [-0.39, 0.29) is 0 Å². The number of fused-ring (bicyclic) bond motifs is 3. The summed E-state index contributed by atoms with van der Waals surface area (Å²) in [5.41, 5.74) is 1.74. The summed E-state index contributed by atoms with van der Waals surface area (Å²) in [6.07, 6.45) is 0. The van der Waals surface area contributed by atoms with Gasteiger partial charge < -0.3 is 13.9 Å². The Hall–Kier alpha value is -2.69. The number of halogens is 2. The van der Waals surface area contributed by atoms with Gasteiger partial charge >= 0.3 is 5.63 Å². The average molecular weight is 415 g/mol. The van der Waals surface area contributed by atoms with E-state index in [1.165, 1.54) is 0 Å². The van der Waals surface area contributed by atoms with Crippen molar-refractivity contribution < 1.29 is 13.9 Å². The molecule has 0 bridgehead atoms. The van der Waals surface area contributed by atoms with E-state index in [9.17, 15) is 4.79 Å². The maximum Gasteiger partial charge on any atom is 0.344 e. The Kier molecular flexibility index (Phi) is 4.92. The quantitative estimate of drug-likeness (QED) is 0.296. The van der Waals surface area contributed by atoms with E-state index in [1.54, 1.807) is 25.3 Å². The molecule has 1 aromatic heterocycles. The molecule has 0 saturated heterocycles. The van der Waals surface area contributed by atoms with Crippen LogP contribution in [-0.4, -0.2) is 7.11 Å². The number of hydrogen-bond acceptors (Lipinski definition) is 4. The summed E-state index contributed by atoms with van der Waals surface area (Å²) in [4.78, 5) is 12.5. The minimum atomic E-state index is -0.411. The molecule has 0 radical (unpaired) electrons. The van der Waals surface area contributed by atoms with Crippen molar-refractivity contribution in [3.8, 4) is 11.5 Å². The minimum Gasteiger partial charge on any atom is -0.497 e. The van der Waals surface area contributed by atoms with Crippen molar-refractivity contribution in [2.24, 2.45) is 0 Å². The van der Waals surface area contributed by atoms with Crippen molar-refractivity contribution in [2.45, 2.75) is 13.5 Å². The van der Waals surface area contributed by atoms with Crippen LogP contribution < -0.4 is 15.1 Å². The largest absolute Gasteiger partial charge is 0.497 e. The molecular formula is C22H16Cl2O4. The van der Waals surface area contributed by atoms with Crippen LogP contribution in [0.1, 0.15) is 11.1 Å². The number of methoxy groups -OCH3 is 1. The highest BCUT2D eigenvalue weighted by molar-refractivity contribution is 6.42. The Morgan fingerprint density at radius 2 is 1.71 bits per heavy atom. The molecule has 0 unspecified atom stereocenters. The molecule has 142 valence electrons. The van der Waals surface area contributed by atoms with E-state index in [0.29, 0.717) is 39.1 Å². The lowest BCUT2D eigenvalue weighted by molar-refractivity contribution is 0.304. The second-order valence-corrected chi connectivity index (χ2v) is 7.22. The lowest BCUT2D eigenvalue weighted by Crippen LogP contribution is -2.02. The van der Waals surface area contributed by atoms with Crippen molar-refractivity contribution in [2.75, 3.05) is 7.11 Å². The Bertz CT molecular complexity index is 1260. The van der Waals surface area contributed by atoms with Gasteiger partial charge in [-0.1, -0.05) is 29.3 Å². The summed E-state index contributed by atoms with van der Waals surface area (Å²) in [6.45, 7) is 2.18. The first kappa shape index (κ1) is 18.7. The maximum absolute atomic E-state index is 12.5. The van der Waals surface area contributed by atoms with Gasteiger partial charge in [0.15, 0.2) is 0 Å². The van der Waals surface area contributed by atoms with Crippen LogP contribution >= 0.6 is 23.2 Å². The molecule has 0 aliphatic rings. The fraction of sp³-hybridized carbons (Fsp3) is 0.136. The molecule has 4 nitrogen and oxygen atoms in total. The van der Waals surface area contributed by atoms with Crippen LogP contribution in [0.2, 0.25) is 10.0 Å². The van der Waals surface area contributed by atoms with E-state index in [2.05, 4.69) is 0 Å². The lowest BCUT2D eigenvalue weighted by Gasteiger charge is -2.12. The molecule has 4 aromatic rings. The molecule has 6 heteroatoms. The molecule has 4 rings (SSSR count). The standard InChI is InChI=1S/C22H16Cl2O4/c1-12-20(27-11-13-3-7-18(23)19(24)9-13)8-6-16-15-5-4-14(26-2)10-17(15)22(25)28-21(12)16/h3-10H,11H2,1-2H3. The molecule has 28 heavy (non-hydrogen) atoms. The Balaban J connectivity index is 1.75. The van der Waals surface area contributed by atoms with E-state index in [4.69, 9.17) is 37.1 Å². The van der Waals surface area contributed by atoms with Gasteiger partial charge in [0.2, 0.25) is 0 Å². The molecule has 0 aliphatic heterocycles. The molecule has 0 N–H and O–H groups in total. The molecule has 1 heterocycles. The third-order valence-electron chi connectivity index (χ3n) is 4.67. The molecular weight excluding hydrogens is 399 g/mol. The van der Waals surface area contributed by atoms with Crippen LogP contribution in [0, 0.1) is 6.92 Å². The van der Waals surface area contributed by atoms with Crippen LogP contribution in [0.3, 0.4) is 0 Å². The van der Waals surface area contributed by atoms with Crippen molar-refractivity contribution in [1.29, 1.82) is 0 Å². The molecule has 0 saturated carbocycles. The highest BCUT2D eigenvalue weighted by Gasteiger charge is 2.13. The second-order valence-electron chi connectivity index (χ2n) is 6.40. The Morgan fingerprint density at radius 3 is 2.46 bits per heavy atom. The summed E-state index contributed by atoms with van der Waals surface area (Å²) >= 11 is 12.0. The lowest BCUT2D eigenvalue weighted by atomic mass is 10.0. The highest BCUT2D eigenvalue weighted by Crippen LogP contribution is 2.32. The van der Waals surface area contributed by atoms with E-state index in [0.717, 1.165) is 21.9 Å². The van der Waals surface area contributed by atoms with Crippen LogP contribution in [0.25, 0.3) is 21.7 Å². The van der Waals surface area contributed by atoms with Gasteiger partial charge in [0.25, 0.3) is 0 Å². The fourth-order valence-corrected chi connectivity index (χ4v) is 3.49. The zero-order valence-corrected chi connectivity index (χ0v) is 16.7. The van der Waals surface area contributed by atoms with E-state index < -0.39 is 5.63 Å². The summed E-state index contributed by atoms with van der Waals surface area (Å²) in [5, 5.41) is 3.11. The first-order valence-electron chi connectivity index (χ1n) is 8.59. The number of benzene rings is 3. The molecule has 0 atom stereocenters. The van der Waals surface area contributed by atoms with Gasteiger partial charge in [-0.3, -0.25) is 0 Å². The predicted octanol–water partition coefficient (Wildman–Crippen LogP) is 6.15. The van der Waals surface area contributed by atoms with Gasteiger partial charge in [-0.05, 0) is 55.0 Å². The van der Waals surface area contributed by atoms with Gasteiger partial charge in [0, 0.05) is 16.3 Å². The zero-order chi connectivity index (χ0) is 19.8. The summed E-state index contributed by atoms with van der Waals surface area (Å²) in [6, 6.07) is 14.5. The van der Waals surface area contributed by atoms with E-state index >= 15 is 0 Å².